The van der Waals surface area contributed by atoms with E-state index in [1.165, 1.54) is 18.2 Å². The lowest BCUT2D eigenvalue weighted by Crippen LogP contribution is -2.37. The molecule has 1 heterocycles. The Kier molecular flexibility index (Phi) is 7.76. The van der Waals surface area contributed by atoms with Crippen molar-refractivity contribution in [2.75, 3.05) is 6.61 Å². The first kappa shape index (κ1) is 25.5. The molecule has 1 fully saturated rings. The highest BCUT2D eigenvalue weighted by atomic mass is 32.2. The lowest BCUT2D eigenvalue weighted by molar-refractivity contribution is -0.274. The zero-order valence-electron chi connectivity index (χ0n) is 19.2. The molecule has 2 aliphatic rings. The molecular weight excluding hydrogens is 459 g/mol. The largest absolute Gasteiger partial charge is 0.573 e. The number of ether oxygens (including phenoxy) is 3. The average Bonchev–Trinajstić information content (AvgIpc) is 2.71. The maximum absolute atomic E-state index is 12.7. The second kappa shape index (κ2) is 10.0. The van der Waals surface area contributed by atoms with E-state index in [4.69, 9.17) is 9.47 Å². The van der Waals surface area contributed by atoms with Crippen LogP contribution in [0.4, 0.5) is 13.2 Å². The second-order valence-corrected chi connectivity index (χ2v) is 11.2. The van der Waals surface area contributed by atoms with Gasteiger partial charge in [0.2, 0.25) is 0 Å². The maximum atomic E-state index is 12.7. The molecule has 0 radical (unpaired) electrons. The Balaban J connectivity index is 1.85. The van der Waals surface area contributed by atoms with Gasteiger partial charge in [0, 0.05) is 18.1 Å². The normalized spacial score (nSPS) is 25.7. The number of carbonyl (C=O) groups excluding carboxylic acids is 1. The van der Waals surface area contributed by atoms with Crippen molar-refractivity contribution < 1.29 is 36.4 Å². The van der Waals surface area contributed by atoms with Gasteiger partial charge in [-0.25, -0.2) is 4.21 Å². The number of hydrogen-bond donors (Lipinski definition) is 0. The Morgan fingerprint density at radius 1 is 1.18 bits per heavy atom. The quantitative estimate of drug-likeness (QED) is 0.521. The van der Waals surface area contributed by atoms with Gasteiger partial charge >= 0.3 is 12.3 Å². The number of nitrogens with zero attached hydrogens (tertiary/aromatic N) is 1. The SMILES string of the molecule is CCOC(=O)C1CCC([C@@H]2CC(=N[S@@](=O)C(C)(C)C)c3ccc(OC(F)(F)F)cc3O2)CC1. The third-order valence-electron chi connectivity index (χ3n) is 5.80. The van der Waals surface area contributed by atoms with Gasteiger partial charge in [0.25, 0.3) is 0 Å². The van der Waals surface area contributed by atoms with Crippen molar-refractivity contribution in [2.45, 2.75) is 77.0 Å². The minimum atomic E-state index is -4.82. The van der Waals surface area contributed by atoms with Crippen LogP contribution in [-0.2, 0) is 20.5 Å². The van der Waals surface area contributed by atoms with E-state index in [9.17, 15) is 22.2 Å². The van der Waals surface area contributed by atoms with E-state index < -0.39 is 22.1 Å². The summed E-state index contributed by atoms with van der Waals surface area (Å²) in [6.07, 6.45) is -2.02. The first-order valence-corrected chi connectivity index (χ1v) is 12.2. The molecule has 1 saturated carbocycles. The van der Waals surface area contributed by atoms with E-state index in [0.29, 0.717) is 37.1 Å². The molecule has 33 heavy (non-hydrogen) atoms. The third kappa shape index (κ3) is 6.71. The number of fused-ring (bicyclic) bond motifs is 1. The fraction of sp³-hybridized carbons (Fsp3) is 0.652. The summed E-state index contributed by atoms with van der Waals surface area (Å²) in [7, 11) is -1.54. The Morgan fingerprint density at radius 2 is 1.85 bits per heavy atom. The van der Waals surface area contributed by atoms with Crippen LogP contribution >= 0.6 is 0 Å². The zero-order valence-corrected chi connectivity index (χ0v) is 20.1. The Bertz CT molecular complexity index is 918. The zero-order chi connectivity index (χ0) is 24.4. The molecule has 0 saturated heterocycles. The molecular formula is C23H30F3NO5S. The van der Waals surface area contributed by atoms with Gasteiger partial charge in [0.05, 0.1) is 23.0 Å². The van der Waals surface area contributed by atoms with E-state index in [1.807, 2.05) is 20.8 Å². The summed E-state index contributed by atoms with van der Waals surface area (Å²) in [5.74, 6) is -0.410. The fourth-order valence-corrected chi connectivity index (χ4v) is 4.76. The molecule has 1 aromatic rings. The second-order valence-electron chi connectivity index (χ2n) is 9.33. The summed E-state index contributed by atoms with van der Waals surface area (Å²) in [5.41, 5.74) is 1.05. The molecule has 0 bridgehead atoms. The van der Waals surface area contributed by atoms with Crippen LogP contribution in [0.25, 0.3) is 0 Å². The van der Waals surface area contributed by atoms with Crippen LogP contribution in [0.1, 0.15) is 65.4 Å². The van der Waals surface area contributed by atoms with Crippen molar-refractivity contribution in [3.63, 3.8) is 0 Å². The summed E-state index contributed by atoms with van der Waals surface area (Å²) in [4.78, 5) is 12.1. The summed E-state index contributed by atoms with van der Waals surface area (Å²) in [5, 5.41) is 0. The molecule has 6 nitrogen and oxygen atoms in total. The van der Waals surface area contributed by atoms with Crippen LogP contribution < -0.4 is 9.47 Å². The first-order chi connectivity index (χ1) is 15.4. The Morgan fingerprint density at radius 3 is 2.42 bits per heavy atom. The van der Waals surface area contributed by atoms with Gasteiger partial charge in [-0.15, -0.1) is 13.2 Å². The van der Waals surface area contributed by atoms with Crippen LogP contribution in [0.5, 0.6) is 11.5 Å². The van der Waals surface area contributed by atoms with Crippen LogP contribution in [0, 0.1) is 11.8 Å². The molecule has 0 unspecified atom stereocenters. The van der Waals surface area contributed by atoms with Gasteiger partial charge in [-0.05, 0) is 71.4 Å². The molecule has 1 aliphatic heterocycles. The summed E-state index contributed by atoms with van der Waals surface area (Å²) < 4.78 is 70.0. The van der Waals surface area contributed by atoms with Gasteiger partial charge in [0.1, 0.15) is 28.6 Å². The maximum Gasteiger partial charge on any atom is 0.573 e. The lowest BCUT2D eigenvalue weighted by Gasteiger charge is -2.36. The van der Waals surface area contributed by atoms with Crippen LogP contribution in [-0.4, -0.2) is 39.7 Å². The number of benzene rings is 1. The molecule has 0 amide bonds. The summed E-state index contributed by atoms with van der Waals surface area (Å²) in [6, 6.07) is 3.87. The Labute approximate surface area is 194 Å². The molecule has 184 valence electrons. The molecule has 0 aromatic heterocycles. The van der Waals surface area contributed by atoms with E-state index in [2.05, 4.69) is 9.13 Å². The van der Waals surface area contributed by atoms with E-state index in [1.54, 1.807) is 6.92 Å². The molecule has 0 spiro atoms. The first-order valence-electron chi connectivity index (χ1n) is 11.1. The fourth-order valence-electron chi connectivity index (χ4n) is 4.11. The minimum Gasteiger partial charge on any atom is -0.489 e. The number of hydrogen-bond acceptors (Lipinski definition) is 5. The smallest absolute Gasteiger partial charge is 0.489 e. The van der Waals surface area contributed by atoms with Crippen molar-refractivity contribution in [3.05, 3.63) is 23.8 Å². The molecule has 1 aromatic carbocycles. The van der Waals surface area contributed by atoms with E-state index in [-0.39, 0.29) is 35.4 Å². The topological polar surface area (TPSA) is 74.2 Å². The van der Waals surface area contributed by atoms with Crippen LogP contribution in [0.15, 0.2) is 22.6 Å². The summed E-state index contributed by atoms with van der Waals surface area (Å²) in [6.45, 7) is 7.54. The summed E-state index contributed by atoms with van der Waals surface area (Å²) >= 11 is 0. The Hall–Kier alpha value is -2.10. The molecule has 3 rings (SSSR count). The van der Waals surface area contributed by atoms with Gasteiger partial charge in [0.15, 0.2) is 0 Å². The van der Waals surface area contributed by atoms with Crippen molar-refractivity contribution in [1.29, 1.82) is 0 Å². The predicted octanol–water partition coefficient (Wildman–Crippen LogP) is 5.36. The van der Waals surface area contributed by atoms with Crippen molar-refractivity contribution in [3.8, 4) is 11.5 Å². The average molecular weight is 490 g/mol. The highest BCUT2D eigenvalue weighted by Crippen LogP contribution is 2.40. The molecule has 2 atom stereocenters. The molecule has 1 aliphatic carbocycles. The highest BCUT2D eigenvalue weighted by Gasteiger charge is 2.37. The minimum absolute atomic E-state index is 0.0873. The van der Waals surface area contributed by atoms with Gasteiger partial charge in [-0.3, -0.25) is 4.79 Å². The molecule has 10 heteroatoms. The van der Waals surface area contributed by atoms with Crippen molar-refractivity contribution >= 4 is 22.7 Å². The van der Waals surface area contributed by atoms with Crippen molar-refractivity contribution in [2.24, 2.45) is 16.2 Å². The van der Waals surface area contributed by atoms with Crippen LogP contribution in [0.2, 0.25) is 0 Å². The monoisotopic (exact) mass is 489 g/mol. The molecule has 0 N–H and O–H groups in total. The van der Waals surface area contributed by atoms with E-state index in [0.717, 1.165) is 12.8 Å². The van der Waals surface area contributed by atoms with Gasteiger partial charge < -0.3 is 14.2 Å². The van der Waals surface area contributed by atoms with Gasteiger partial charge in [-0.2, -0.15) is 4.40 Å². The number of esters is 1. The van der Waals surface area contributed by atoms with Crippen molar-refractivity contribution in [1.82, 2.24) is 0 Å². The van der Waals surface area contributed by atoms with Crippen LogP contribution in [0.3, 0.4) is 0 Å². The number of alkyl halides is 3. The van der Waals surface area contributed by atoms with Gasteiger partial charge in [-0.1, -0.05) is 0 Å². The number of halogens is 3. The highest BCUT2D eigenvalue weighted by molar-refractivity contribution is 7.85. The number of carbonyl (C=O) groups is 1. The number of rotatable bonds is 5. The third-order valence-corrected chi connectivity index (χ3v) is 7.24. The predicted molar refractivity (Wildman–Crippen MR) is 119 cm³/mol. The standard InChI is InChI=1S/C23H30F3NO5S/c1-5-30-21(28)15-8-6-14(7-9-15)19-13-18(27-33(29)22(2,3)4)17-11-10-16(12-20(17)31-19)32-23(24,25)26/h10-12,14-15,19H,5-9,13H2,1-4H3/t14?,15?,19-,33-/m0/s1. The lowest BCUT2D eigenvalue weighted by atomic mass is 9.77. The van der Waals surface area contributed by atoms with E-state index >= 15 is 0 Å².